The van der Waals surface area contributed by atoms with Gasteiger partial charge in [-0.05, 0) is 73.5 Å². The van der Waals surface area contributed by atoms with Crippen molar-refractivity contribution in [2.45, 2.75) is 52.0 Å². The Hall–Kier alpha value is -1.29. The van der Waals surface area contributed by atoms with Gasteiger partial charge in [-0.2, -0.15) is 0 Å². The standard InChI is InChI=1S/C21H32FN3/c1-21(2)15-9-14(10-16(21)11-15)13-25-7-5-18(6-8-25)24-20-4-3-17(22)12-19(20)23/h3-4,12,14-16,18,24H,5-11,13,23H2,1-2H3/t14-,15+,16-. The number of hydrogen-bond acceptors (Lipinski definition) is 3. The average molecular weight is 346 g/mol. The monoisotopic (exact) mass is 345 g/mol. The summed E-state index contributed by atoms with van der Waals surface area (Å²) in [5.74, 6) is 2.58. The number of piperidine rings is 1. The van der Waals surface area contributed by atoms with Crippen molar-refractivity contribution in [3.63, 3.8) is 0 Å². The van der Waals surface area contributed by atoms with Gasteiger partial charge in [-0.25, -0.2) is 4.39 Å². The molecule has 2 bridgehead atoms. The Bertz CT molecular complexity index is 608. The van der Waals surface area contributed by atoms with Crippen LogP contribution in [0.2, 0.25) is 0 Å². The van der Waals surface area contributed by atoms with Crippen molar-refractivity contribution in [2.24, 2.45) is 23.2 Å². The summed E-state index contributed by atoms with van der Waals surface area (Å²) in [6.45, 7) is 8.55. The van der Waals surface area contributed by atoms with Crippen LogP contribution in [0, 0.1) is 29.0 Å². The molecule has 4 aliphatic rings. The molecular formula is C21H32FN3. The van der Waals surface area contributed by atoms with E-state index in [2.05, 4.69) is 24.1 Å². The first-order valence-corrected chi connectivity index (χ1v) is 9.95. The van der Waals surface area contributed by atoms with Gasteiger partial charge in [0.2, 0.25) is 0 Å². The molecule has 4 fully saturated rings. The van der Waals surface area contributed by atoms with Crippen molar-refractivity contribution in [2.75, 3.05) is 30.7 Å². The predicted octanol–water partition coefficient (Wildman–Crippen LogP) is 4.36. The van der Waals surface area contributed by atoms with E-state index in [0.717, 1.165) is 49.4 Å². The van der Waals surface area contributed by atoms with Crippen LogP contribution in [0.3, 0.4) is 0 Å². The number of nitrogen functional groups attached to an aromatic ring is 1. The molecule has 0 amide bonds. The quantitative estimate of drug-likeness (QED) is 0.797. The Morgan fingerprint density at radius 3 is 2.44 bits per heavy atom. The fourth-order valence-electron chi connectivity index (χ4n) is 5.48. The number of likely N-dealkylation sites (tertiary alicyclic amines) is 1. The molecule has 4 heteroatoms. The van der Waals surface area contributed by atoms with Crippen LogP contribution >= 0.6 is 0 Å². The molecule has 3 saturated carbocycles. The summed E-state index contributed by atoms with van der Waals surface area (Å²) < 4.78 is 13.2. The summed E-state index contributed by atoms with van der Waals surface area (Å²) in [5, 5.41) is 3.51. The van der Waals surface area contributed by atoms with Crippen LogP contribution in [0.5, 0.6) is 0 Å². The SMILES string of the molecule is CC1(C)[C@@H]2C[C@H](CN3CCC(Nc4ccc(F)cc4N)CC3)C[C@H]1C2. The molecule has 0 radical (unpaired) electrons. The van der Waals surface area contributed by atoms with E-state index >= 15 is 0 Å². The minimum absolute atomic E-state index is 0.272. The first kappa shape index (κ1) is 17.1. The van der Waals surface area contributed by atoms with Gasteiger partial charge in [0, 0.05) is 25.7 Å². The van der Waals surface area contributed by atoms with Gasteiger partial charge in [-0.15, -0.1) is 0 Å². The van der Waals surface area contributed by atoms with Gasteiger partial charge in [0.05, 0.1) is 11.4 Å². The van der Waals surface area contributed by atoms with Gasteiger partial charge < -0.3 is 16.0 Å². The molecule has 5 rings (SSSR count). The van der Waals surface area contributed by atoms with E-state index in [1.165, 1.54) is 37.9 Å². The summed E-state index contributed by atoms with van der Waals surface area (Å²) in [6, 6.07) is 5.08. The molecule has 138 valence electrons. The number of hydrogen-bond donors (Lipinski definition) is 2. The Morgan fingerprint density at radius 2 is 1.84 bits per heavy atom. The highest BCUT2D eigenvalue weighted by atomic mass is 19.1. The maximum Gasteiger partial charge on any atom is 0.125 e. The topological polar surface area (TPSA) is 41.3 Å². The molecule has 3 aliphatic carbocycles. The largest absolute Gasteiger partial charge is 0.397 e. The third-order valence-electron chi connectivity index (χ3n) is 7.39. The summed E-state index contributed by atoms with van der Waals surface area (Å²) in [7, 11) is 0. The summed E-state index contributed by atoms with van der Waals surface area (Å²) in [5.41, 5.74) is 7.91. The Morgan fingerprint density at radius 1 is 1.16 bits per heavy atom. The highest BCUT2D eigenvalue weighted by Crippen LogP contribution is 2.60. The van der Waals surface area contributed by atoms with E-state index in [1.54, 1.807) is 6.07 Å². The number of rotatable bonds is 4. The lowest BCUT2D eigenvalue weighted by Gasteiger charge is -2.59. The Labute approximate surface area is 151 Å². The van der Waals surface area contributed by atoms with Gasteiger partial charge >= 0.3 is 0 Å². The number of halogens is 1. The van der Waals surface area contributed by atoms with Gasteiger partial charge in [-0.3, -0.25) is 0 Å². The zero-order valence-corrected chi connectivity index (χ0v) is 15.6. The van der Waals surface area contributed by atoms with Crippen molar-refractivity contribution in [3.05, 3.63) is 24.0 Å². The molecule has 1 aromatic carbocycles. The predicted molar refractivity (Wildman–Crippen MR) is 102 cm³/mol. The molecule has 1 aliphatic heterocycles. The number of benzene rings is 1. The normalized spacial score (nSPS) is 32.2. The van der Waals surface area contributed by atoms with Crippen LogP contribution in [0.1, 0.15) is 46.0 Å². The fourth-order valence-corrected chi connectivity index (χ4v) is 5.48. The van der Waals surface area contributed by atoms with E-state index in [0.29, 0.717) is 17.1 Å². The molecule has 1 saturated heterocycles. The van der Waals surface area contributed by atoms with E-state index in [-0.39, 0.29) is 5.82 Å². The number of nitrogens with one attached hydrogen (secondary N) is 1. The van der Waals surface area contributed by atoms with Gasteiger partial charge in [0.15, 0.2) is 0 Å². The Balaban J connectivity index is 1.24. The maximum atomic E-state index is 13.2. The van der Waals surface area contributed by atoms with Crippen LogP contribution in [-0.4, -0.2) is 30.6 Å². The lowest BCUT2D eigenvalue weighted by atomic mass is 9.47. The van der Waals surface area contributed by atoms with Crippen molar-refractivity contribution in [1.82, 2.24) is 4.90 Å². The second-order valence-corrected chi connectivity index (χ2v) is 9.24. The zero-order chi connectivity index (χ0) is 17.6. The van der Waals surface area contributed by atoms with Gasteiger partial charge in [0.25, 0.3) is 0 Å². The van der Waals surface area contributed by atoms with Crippen molar-refractivity contribution < 1.29 is 4.39 Å². The van der Waals surface area contributed by atoms with Gasteiger partial charge in [-0.1, -0.05) is 13.8 Å². The summed E-state index contributed by atoms with van der Waals surface area (Å²) in [4.78, 5) is 2.66. The van der Waals surface area contributed by atoms with Crippen LogP contribution in [-0.2, 0) is 0 Å². The second-order valence-electron chi connectivity index (χ2n) is 9.24. The first-order chi connectivity index (χ1) is 11.9. The smallest absolute Gasteiger partial charge is 0.125 e. The fraction of sp³-hybridized carbons (Fsp3) is 0.714. The van der Waals surface area contributed by atoms with E-state index in [1.807, 2.05) is 0 Å². The van der Waals surface area contributed by atoms with Crippen molar-refractivity contribution in [1.29, 1.82) is 0 Å². The number of fused-ring (bicyclic) bond motifs is 2. The molecule has 25 heavy (non-hydrogen) atoms. The summed E-state index contributed by atoms with van der Waals surface area (Å²) in [6.07, 6.45) is 6.64. The van der Waals surface area contributed by atoms with Gasteiger partial charge in [0.1, 0.15) is 5.82 Å². The molecule has 0 unspecified atom stereocenters. The summed E-state index contributed by atoms with van der Waals surface area (Å²) >= 11 is 0. The molecule has 0 aromatic heterocycles. The van der Waals surface area contributed by atoms with E-state index in [4.69, 9.17) is 5.73 Å². The lowest BCUT2D eigenvalue weighted by Crippen LogP contribution is -2.52. The average Bonchev–Trinajstić information content (AvgIpc) is 2.59. The minimum Gasteiger partial charge on any atom is -0.397 e. The molecule has 3 atom stereocenters. The zero-order valence-electron chi connectivity index (χ0n) is 15.6. The molecule has 1 aromatic rings. The van der Waals surface area contributed by atoms with Crippen LogP contribution < -0.4 is 11.1 Å². The molecule has 3 N–H and O–H groups in total. The molecular weight excluding hydrogens is 313 g/mol. The van der Waals surface area contributed by atoms with Crippen molar-refractivity contribution in [3.8, 4) is 0 Å². The third kappa shape index (κ3) is 3.38. The lowest BCUT2D eigenvalue weighted by molar-refractivity contribution is -0.0950. The minimum atomic E-state index is -0.272. The molecule has 3 nitrogen and oxygen atoms in total. The van der Waals surface area contributed by atoms with Crippen LogP contribution in [0.4, 0.5) is 15.8 Å². The van der Waals surface area contributed by atoms with Crippen LogP contribution in [0.15, 0.2) is 18.2 Å². The Kier molecular flexibility index (Phi) is 4.43. The number of nitrogens with zero attached hydrogens (tertiary/aromatic N) is 1. The highest BCUT2D eigenvalue weighted by molar-refractivity contribution is 5.66. The third-order valence-corrected chi connectivity index (χ3v) is 7.39. The van der Waals surface area contributed by atoms with E-state index in [9.17, 15) is 4.39 Å². The first-order valence-electron chi connectivity index (χ1n) is 9.95. The number of anilines is 2. The highest BCUT2D eigenvalue weighted by Gasteiger charge is 2.52. The van der Waals surface area contributed by atoms with Crippen LogP contribution in [0.25, 0.3) is 0 Å². The molecule has 1 heterocycles. The second kappa shape index (κ2) is 6.46. The van der Waals surface area contributed by atoms with Crippen molar-refractivity contribution >= 4 is 11.4 Å². The maximum absolute atomic E-state index is 13.2. The van der Waals surface area contributed by atoms with E-state index < -0.39 is 0 Å². The molecule has 0 spiro atoms. The number of nitrogens with two attached hydrogens (primary N) is 1.